The fourth-order valence-electron chi connectivity index (χ4n) is 3.20. The second kappa shape index (κ2) is 10.3. The van der Waals surface area contributed by atoms with Gasteiger partial charge in [0.15, 0.2) is 0 Å². The van der Waals surface area contributed by atoms with Gasteiger partial charge in [0.2, 0.25) is 5.91 Å². The zero-order valence-corrected chi connectivity index (χ0v) is 16.7. The molecule has 0 unspecified atom stereocenters. The number of hydrogen-bond donors (Lipinski definition) is 1. The quantitative estimate of drug-likeness (QED) is 0.780. The van der Waals surface area contributed by atoms with Crippen LogP contribution in [-0.4, -0.2) is 30.9 Å². The highest BCUT2D eigenvalue weighted by Crippen LogP contribution is 2.25. The molecule has 1 amide bonds. The van der Waals surface area contributed by atoms with Crippen molar-refractivity contribution in [1.82, 2.24) is 4.90 Å². The van der Waals surface area contributed by atoms with Gasteiger partial charge in [0.25, 0.3) is 0 Å². The topological polar surface area (TPSA) is 49.6 Å². The van der Waals surface area contributed by atoms with Crippen LogP contribution in [0.25, 0.3) is 0 Å². The van der Waals surface area contributed by atoms with E-state index < -0.39 is 0 Å². The number of para-hydroxylation sites is 1. The van der Waals surface area contributed by atoms with Crippen molar-refractivity contribution in [3.8, 4) is 0 Å². The van der Waals surface area contributed by atoms with Crippen molar-refractivity contribution < 1.29 is 4.79 Å². The van der Waals surface area contributed by atoms with E-state index in [4.69, 9.17) is 5.73 Å². The molecule has 2 aromatic rings. The van der Waals surface area contributed by atoms with Crippen LogP contribution in [-0.2, 0) is 17.8 Å². The number of rotatable bonds is 5. The molecule has 1 aliphatic heterocycles. The molecule has 0 aromatic heterocycles. The van der Waals surface area contributed by atoms with Crippen LogP contribution in [0.5, 0.6) is 0 Å². The highest BCUT2D eigenvalue weighted by Gasteiger charge is 2.17. The summed E-state index contributed by atoms with van der Waals surface area (Å²) in [6.45, 7) is 2.86. The van der Waals surface area contributed by atoms with Gasteiger partial charge in [-0.3, -0.25) is 4.79 Å². The minimum absolute atomic E-state index is 0. The molecule has 0 radical (unpaired) electrons. The van der Waals surface area contributed by atoms with Crippen molar-refractivity contribution in [3.63, 3.8) is 0 Å². The van der Waals surface area contributed by atoms with E-state index in [9.17, 15) is 4.79 Å². The van der Waals surface area contributed by atoms with E-state index in [1.165, 1.54) is 24.1 Å². The molecule has 26 heavy (non-hydrogen) atoms. The maximum atomic E-state index is 12.5. The summed E-state index contributed by atoms with van der Waals surface area (Å²) in [5.41, 5.74) is 9.89. The van der Waals surface area contributed by atoms with Crippen LogP contribution >= 0.6 is 24.8 Å². The highest BCUT2D eigenvalue weighted by atomic mass is 35.5. The average molecular weight is 396 g/mol. The van der Waals surface area contributed by atoms with E-state index >= 15 is 0 Å². The SMILES string of the molecule is CN(Cc1ccccc1N1CCCC1)C(=O)Cc1ccc(N)cc1.Cl.Cl. The molecule has 2 aromatic carbocycles. The van der Waals surface area contributed by atoms with Crippen molar-refractivity contribution in [3.05, 3.63) is 59.7 Å². The third kappa shape index (κ3) is 5.55. The van der Waals surface area contributed by atoms with Gasteiger partial charge in [-0.15, -0.1) is 24.8 Å². The van der Waals surface area contributed by atoms with Crippen LogP contribution in [0.1, 0.15) is 24.0 Å². The van der Waals surface area contributed by atoms with Crippen LogP contribution in [0.2, 0.25) is 0 Å². The Morgan fingerprint density at radius 3 is 2.31 bits per heavy atom. The van der Waals surface area contributed by atoms with Gasteiger partial charge in [-0.2, -0.15) is 0 Å². The van der Waals surface area contributed by atoms with E-state index in [2.05, 4.69) is 23.1 Å². The number of nitrogen functional groups attached to an aromatic ring is 1. The average Bonchev–Trinajstić information content (AvgIpc) is 3.11. The standard InChI is InChI=1S/C20H25N3O.2ClH/c1-22(20(24)14-16-8-10-18(21)11-9-16)15-17-6-2-3-7-19(17)23-12-4-5-13-23;;/h2-3,6-11H,4-5,12-15,21H2,1H3;2*1H. The molecule has 1 fully saturated rings. The van der Waals surface area contributed by atoms with Crippen molar-refractivity contribution in [2.24, 2.45) is 0 Å². The summed E-state index contributed by atoms with van der Waals surface area (Å²) >= 11 is 0. The Labute approximate surface area is 168 Å². The molecule has 0 aliphatic carbocycles. The number of benzene rings is 2. The smallest absolute Gasteiger partial charge is 0.227 e. The minimum atomic E-state index is 0. The predicted octanol–water partition coefficient (Wildman–Crippen LogP) is 3.91. The fraction of sp³-hybridized carbons (Fsp3) is 0.350. The third-order valence-electron chi connectivity index (χ3n) is 4.61. The molecule has 1 aliphatic rings. The van der Waals surface area contributed by atoms with Crippen LogP contribution in [0.15, 0.2) is 48.5 Å². The molecule has 1 heterocycles. The number of amides is 1. The fourth-order valence-corrected chi connectivity index (χ4v) is 3.20. The number of anilines is 2. The second-order valence-electron chi connectivity index (χ2n) is 6.49. The van der Waals surface area contributed by atoms with Gasteiger partial charge >= 0.3 is 0 Å². The van der Waals surface area contributed by atoms with Gasteiger partial charge in [0.1, 0.15) is 0 Å². The van der Waals surface area contributed by atoms with Crippen LogP contribution in [0.4, 0.5) is 11.4 Å². The molecule has 4 nitrogen and oxygen atoms in total. The molecule has 6 heteroatoms. The highest BCUT2D eigenvalue weighted by molar-refractivity contribution is 5.85. The molecule has 0 saturated carbocycles. The molecule has 3 rings (SSSR count). The van der Waals surface area contributed by atoms with E-state index in [-0.39, 0.29) is 30.7 Å². The van der Waals surface area contributed by atoms with E-state index in [0.29, 0.717) is 13.0 Å². The number of likely N-dealkylation sites (N-methyl/N-ethyl adjacent to an activating group) is 1. The summed E-state index contributed by atoms with van der Waals surface area (Å²) in [6.07, 6.45) is 2.91. The van der Waals surface area contributed by atoms with Gasteiger partial charge in [0, 0.05) is 38.1 Å². The number of carbonyl (C=O) groups is 1. The first-order valence-corrected chi connectivity index (χ1v) is 8.55. The first kappa shape index (κ1) is 22.1. The van der Waals surface area contributed by atoms with Crippen LogP contribution in [0.3, 0.4) is 0 Å². The Bertz CT molecular complexity index is 700. The lowest BCUT2D eigenvalue weighted by Crippen LogP contribution is -2.29. The van der Waals surface area contributed by atoms with E-state index in [1.807, 2.05) is 42.3 Å². The Hall–Kier alpha value is -1.91. The maximum Gasteiger partial charge on any atom is 0.227 e. The van der Waals surface area contributed by atoms with E-state index in [0.717, 1.165) is 24.3 Å². The predicted molar refractivity (Wildman–Crippen MR) is 113 cm³/mol. The number of halogens is 2. The number of nitrogens with two attached hydrogens (primary N) is 1. The lowest BCUT2D eigenvalue weighted by Gasteiger charge is -2.24. The summed E-state index contributed by atoms with van der Waals surface area (Å²) in [6, 6.07) is 15.9. The largest absolute Gasteiger partial charge is 0.399 e. The first-order chi connectivity index (χ1) is 11.6. The Kier molecular flexibility index (Phi) is 8.76. The molecular formula is C20H27Cl2N3O. The molecular weight excluding hydrogens is 369 g/mol. The second-order valence-corrected chi connectivity index (χ2v) is 6.49. The van der Waals surface area contributed by atoms with Gasteiger partial charge in [0.05, 0.1) is 6.42 Å². The van der Waals surface area contributed by atoms with Gasteiger partial charge < -0.3 is 15.5 Å². The molecule has 0 bridgehead atoms. The summed E-state index contributed by atoms with van der Waals surface area (Å²) in [7, 11) is 1.88. The van der Waals surface area contributed by atoms with Crippen molar-refractivity contribution in [2.45, 2.75) is 25.8 Å². The zero-order valence-electron chi connectivity index (χ0n) is 15.1. The Balaban J connectivity index is 0.00000169. The van der Waals surface area contributed by atoms with Gasteiger partial charge in [-0.1, -0.05) is 30.3 Å². The lowest BCUT2D eigenvalue weighted by molar-refractivity contribution is -0.129. The number of hydrogen-bond acceptors (Lipinski definition) is 3. The Morgan fingerprint density at radius 1 is 1.04 bits per heavy atom. The Morgan fingerprint density at radius 2 is 1.65 bits per heavy atom. The summed E-state index contributed by atoms with van der Waals surface area (Å²) in [5, 5.41) is 0. The monoisotopic (exact) mass is 395 g/mol. The van der Waals surface area contributed by atoms with Crippen molar-refractivity contribution >= 4 is 42.1 Å². The van der Waals surface area contributed by atoms with Crippen LogP contribution < -0.4 is 10.6 Å². The van der Waals surface area contributed by atoms with Gasteiger partial charge in [-0.25, -0.2) is 0 Å². The minimum Gasteiger partial charge on any atom is -0.399 e. The molecule has 0 atom stereocenters. The lowest BCUT2D eigenvalue weighted by atomic mass is 10.1. The number of carbonyl (C=O) groups excluding carboxylic acids is 1. The van der Waals surface area contributed by atoms with Crippen molar-refractivity contribution in [2.75, 3.05) is 30.8 Å². The molecule has 2 N–H and O–H groups in total. The van der Waals surface area contributed by atoms with E-state index in [1.54, 1.807) is 0 Å². The summed E-state index contributed by atoms with van der Waals surface area (Å²) in [4.78, 5) is 16.8. The van der Waals surface area contributed by atoms with Gasteiger partial charge in [-0.05, 0) is 42.2 Å². The summed E-state index contributed by atoms with van der Waals surface area (Å²) in [5.74, 6) is 0.121. The van der Waals surface area contributed by atoms with Crippen molar-refractivity contribution in [1.29, 1.82) is 0 Å². The number of nitrogens with zero attached hydrogens (tertiary/aromatic N) is 2. The normalized spacial score (nSPS) is 12.9. The third-order valence-corrected chi connectivity index (χ3v) is 4.61. The molecule has 142 valence electrons. The molecule has 1 saturated heterocycles. The summed E-state index contributed by atoms with van der Waals surface area (Å²) < 4.78 is 0. The maximum absolute atomic E-state index is 12.5. The molecule has 0 spiro atoms. The first-order valence-electron chi connectivity index (χ1n) is 8.55. The van der Waals surface area contributed by atoms with Crippen LogP contribution in [0, 0.1) is 0 Å². The zero-order chi connectivity index (χ0) is 16.9.